The molecule has 1 aromatic carbocycles. The van der Waals surface area contributed by atoms with Crippen LogP contribution in [0.4, 0.5) is 0 Å². The number of nitrogens with zero attached hydrogens (tertiary/aromatic N) is 4. The Bertz CT molecular complexity index is 884. The van der Waals surface area contributed by atoms with Gasteiger partial charge in [0.05, 0.1) is 24.5 Å². The van der Waals surface area contributed by atoms with Gasteiger partial charge in [-0.05, 0) is 37.3 Å². The van der Waals surface area contributed by atoms with Crippen molar-refractivity contribution in [1.29, 1.82) is 0 Å². The van der Waals surface area contributed by atoms with Gasteiger partial charge in [-0.15, -0.1) is 0 Å². The molecule has 2 aliphatic heterocycles. The van der Waals surface area contributed by atoms with Gasteiger partial charge in [-0.1, -0.05) is 18.2 Å². The number of carbonyl (C=O) groups is 2. The minimum atomic E-state index is 0.0170. The lowest BCUT2D eigenvalue weighted by Crippen LogP contribution is -2.42. The molecule has 2 fully saturated rings. The Kier molecular flexibility index (Phi) is 6.86. The van der Waals surface area contributed by atoms with E-state index in [4.69, 9.17) is 9.47 Å². The SMILES string of the molecule is Cn1cc(C(=O)N2CCOCC2)c(CC2CCN(C(=O)COc3ccccc3)CC2)n1. The molecule has 2 aromatic rings. The second-order valence-electron chi connectivity index (χ2n) is 8.20. The maximum absolute atomic E-state index is 13.0. The molecular weight excluding hydrogens is 396 g/mol. The highest BCUT2D eigenvalue weighted by atomic mass is 16.5. The molecule has 0 saturated carbocycles. The summed E-state index contributed by atoms with van der Waals surface area (Å²) in [6, 6.07) is 9.40. The van der Waals surface area contributed by atoms with Gasteiger partial charge in [0.15, 0.2) is 6.61 Å². The summed E-state index contributed by atoms with van der Waals surface area (Å²) in [5.41, 5.74) is 1.55. The van der Waals surface area contributed by atoms with Crippen LogP contribution in [0.1, 0.15) is 28.9 Å². The van der Waals surface area contributed by atoms with Crippen LogP contribution < -0.4 is 4.74 Å². The highest BCUT2D eigenvalue weighted by Crippen LogP contribution is 2.24. The number of amides is 2. The third kappa shape index (κ3) is 5.44. The number of hydrogen-bond acceptors (Lipinski definition) is 5. The van der Waals surface area contributed by atoms with Crippen molar-refractivity contribution in [3.63, 3.8) is 0 Å². The van der Waals surface area contributed by atoms with Gasteiger partial charge in [0.1, 0.15) is 5.75 Å². The molecule has 0 aliphatic carbocycles. The zero-order valence-corrected chi connectivity index (χ0v) is 18.0. The summed E-state index contributed by atoms with van der Waals surface area (Å²) in [4.78, 5) is 29.2. The fourth-order valence-corrected chi connectivity index (χ4v) is 4.21. The molecule has 0 radical (unpaired) electrons. The van der Waals surface area contributed by atoms with Crippen LogP contribution in [0.5, 0.6) is 5.75 Å². The molecular formula is C23H30N4O4. The Hall–Kier alpha value is -2.87. The third-order valence-electron chi connectivity index (χ3n) is 5.99. The molecule has 0 N–H and O–H groups in total. The highest BCUT2D eigenvalue weighted by Gasteiger charge is 2.28. The van der Waals surface area contributed by atoms with Crippen LogP contribution in [0.15, 0.2) is 36.5 Å². The number of rotatable bonds is 6. The Morgan fingerprint density at radius 2 is 1.77 bits per heavy atom. The third-order valence-corrected chi connectivity index (χ3v) is 5.99. The first-order valence-corrected chi connectivity index (χ1v) is 11.0. The van der Waals surface area contributed by atoms with Gasteiger partial charge in [0, 0.05) is 39.4 Å². The van der Waals surface area contributed by atoms with Gasteiger partial charge in [0.2, 0.25) is 0 Å². The average Bonchev–Trinajstić information content (AvgIpc) is 3.18. The minimum Gasteiger partial charge on any atom is -0.484 e. The molecule has 4 rings (SSSR count). The normalized spacial score (nSPS) is 17.6. The zero-order valence-electron chi connectivity index (χ0n) is 18.0. The standard InChI is InChI=1S/C23H30N4O4/c1-25-16-20(23(29)27-11-13-30-14-12-27)21(24-25)15-18-7-9-26(10-8-18)22(28)17-31-19-5-3-2-4-6-19/h2-6,16,18H,7-15,17H2,1H3. The van der Waals surface area contributed by atoms with Crippen molar-refractivity contribution in [2.75, 3.05) is 46.0 Å². The fourth-order valence-electron chi connectivity index (χ4n) is 4.21. The van der Waals surface area contributed by atoms with E-state index in [-0.39, 0.29) is 18.4 Å². The van der Waals surface area contributed by atoms with Crippen LogP contribution in [0.2, 0.25) is 0 Å². The first-order chi connectivity index (χ1) is 15.1. The van der Waals surface area contributed by atoms with Gasteiger partial charge < -0.3 is 19.3 Å². The second kappa shape index (κ2) is 9.96. The van der Waals surface area contributed by atoms with Gasteiger partial charge >= 0.3 is 0 Å². The number of carbonyl (C=O) groups excluding carboxylic acids is 2. The Morgan fingerprint density at radius 3 is 2.48 bits per heavy atom. The van der Waals surface area contributed by atoms with E-state index in [2.05, 4.69) is 5.10 Å². The number of morpholine rings is 1. The molecule has 8 nitrogen and oxygen atoms in total. The maximum atomic E-state index is 13.0. The predicted octanol–water partition coefficient (Wildman–Crippen LogP) is 1.75. The molecule has 3 heterocycles. The van der Waals surface area contributed by atoms with Crippen LogP contribution >= 0.6 is 0 Å². The van der Waals surface area contributed by atoms with E-state index in [0.29, 0.717) is 56.6 Å². The van der Waals surface area contributed by atoms with E-state index in [1.807, 2.05) is 53.4 Å². The summed E-state index contributed by atoms with van der Waals surface area (Å²) in [6.07, 6.45) is 4.39. The first kappa shape index (κ1) is 21.4. The van der Waals surface area contributed by atoms with E-state index >= 15 is 0 Å². The Labute approximate surface area is 182 Å². The molecule has 0 unspecified atom stereocenters. The average molecular weight is 427 g/mol. The highest BCUT2D eigenvalue weighted by molar-refractivity contribution is 5.95. The number of aryl methyl sites for hydroxylation is 1. The van der Waals surface area contributed by atoms with Crippen molar-refractivity contribution >= 4 is 11.8 Å². The predicted molar refractivity (Wildman–Crippen MR) is 115 cm³/mol. The van der Waals surface area contributed by atoms with Crippen LogP contribution in [0, 0.1) is 5.92 Å². The lowest BCUT2D eigenvalue weighted by molar-refractivity contribution is -0.134. The molecule has 2 saturated heterocycles. The van der Waals surface area contributed by atoms with E-state index in [0.717, 1.165) is 25.0 Å². The summed E-state index contributed by atoms with van der Waals surface area (Å²) in [7, 11) is 1.85. The molecule has 2 amide bonds. The van der Waals surface area contributed by atoms with E-state index in [1.165, 1.54) is 0 Å². The van der Waals surface area contributed by atoms with Crippen molar-refractivity contribution in [3.05, 3.63) is 47.8 Å². The minimum absolute atomic E-state index is 0.0170. The maximum Gasteiger partial charge on any atom is 0.260 e. The lowest BCUT2D eigenvalue weighted by atomic mass is 9.91. The second-order valence-corrected chi connectivity index (χ2v) is 8.20. The smallest absolute Gasteiger partial charge is 0.260 e. The van der Waals surface area contributed by atoms with Crippen molar-refractivity contribution < 1.29 is 19.1 Å². The molecule has 0 atom stereocenters. The number of hydrogen-bond donors (Lipinski definition) is 0. The van der Waals surface area contributed by atoms with Crippen molar-refractivity contribution in [3.8, 4) is 5.75 Å². The van der Waals surface area contributed by atoms with Gasteiger partial charge in [-0.2, -0.15) is 5.10 Å². The Balaban J connectivity index is 1.29. The summed E-state index contributed by atoms with van der Waals surface area (Å²) in [6.45, 7) is 3.90. The summed E-state index contributed by atoms with van der Waals surface area (Å²) in [5.74, 6) is 1.17. The molecule has 166 valence electrons. The number of likely N-dealkylation sites (tertiary alicyclic amines) is 1. The molecule has 31 heavy (non-hydrogen) atoms. The van der Waals surface area contributed by atoms with E-state index < -0.39 is 0 Å². The first-order valence-electron chi connectivity index (χ1n) is 11.0. The van der Waals surface area contributed by atoms with Crippen molar-refractivity contribution in [2.45, 2.75) is 19.3 Å². The van der Waals surface area contributed by atoms with Crippen LogP contribution in [0.25, 0.3) is 0 Å². The number of ether oxygens (including phenoxy) is 2. The van der Waals surface area contributed by atoms with Crippen LogP contribution in [-0.2, 0) is 23.0 Å². The van der Waals surface area contributed by atoms with Gasteiger partial charge in [0.25, 0.3) is 11.8 Å². The summed E-state index contributed by atoms with van der Waals surface area (Å²) < 4.78 is 12.7. The largest absolute Gasteiger partial charge is 0.484 e. The molecule has 0 spiro atoms. The number of piperidine rings is 1. The lowest BCUT2D eigenvalue weighted by Gasteiger charge is -2.32. The molecule has 8 heteroatoms. The van der Waals surface area contributed by atoms with Gasteiger partial charge in [-0.3, -0.25) is 14.3 Å². The van der Waals surface area contributed by atoms with E-state index in [1.54, 1.807) is 4.68 Å². The van der Waals surface area contributed by atoms with Crippen LogP contribution in [-0.4, -0.2) is 77.4 Å². The summed E-state index contributed by atoms with van der Waals surface area (Å²) in [5, 5.41) is 4.58. The number of aromatic nitrogens is 2. The van der Waals surface area contributed by atoms with Crippen molar-refractivity contribution in [1.82, 2.24) is 19.6 Å². The van der Waals surface area contributed by atoms with Gasteiger partial charge in [-0.25, -0.2) is 0 Å². The topological polar surface area (TPSA) is 76.9 Å². The monoisotopic (exact) mass is 426 g/mol. The fraction of sp³-hybridized carbons (Fsp3) is 0.522. The number of para-hydroxylation sites is 1. The number of benzene rings is 1. The molecule has 0 bridgehead atoms. The molecule has 1 aromatic heterocycles. The zero-order chi connectivity index (χ0) is 21.6. The molecule has 2 aliphatic rings. The summed E-state index contributed by atoms with van der Waals surface area (Å²) >= 11 is 0. The van der Waals surface area contributed by atoms with E-state index in [9.17, 15) is 9.59 Å². The van der Waals surface area contributed by atoms with Crippen LogP contribution in [0.3, 0.4) is 0 Å². The quantitative estimate of drug-likeness (QED) is 0.703. The van der Waals surface area contributed by atoms with Crippen molar-refractivity contribution in [2.24, 2.45) is 13.0 Å². The Morgan fingerprint density at radius 1 is 1.06 bits per heavy atom.